The number of fused-ring (bicyclic) bond motifs is 1. The first-order valence-corrected chi connectivity index (χ1v) is 10.00. The zero-order chi connectivity index (χ0) is 22.6. The molecule has 2 N–H and O–H groups in total. The maximum atomic E-state index is 13.3. The van der Waals surface area contributed by atoms with Gasteiger partial charge in [-0.25, -0.2) is 0 Å². The highest BCUT2D eigenvalue weighted by Gasteiger charge is 2.37. The standard InChI is InChI=1S/C22H24F3N5O/c1-12-16(6-5-7-18(12)22(23,24)25)13(2)27-20-17-8-15(30-10-21(4,31)11-30)9-26-19(17)14(3)28-29-20/h5-9,13,31H,10-11H2,1-4H3,(H,27,29)/t13-/m1/s1. The molecular weight excluding hydrogens is 407 g/mol. The molecule has 3 heterocycles. The van der Waals surface area contributed by atoms with E-state index in [4.69, 9.17) is 0 Å². The smallest absolute Gasteiger partial charge is 0.386 e. The van der Waals surface area contributed by atoms with Crippen molar-refractivity contribution in [3.05, 3.63) is 52.8 Å². The third kappa shape index (κ3) is 4.01. The van der Waals surface area contributed by atoms with Gasteiger partial charge in [0.05, 0.1) is 40.3 Å². The van der Waals surface area contributed by atoms with E-state index in [2.05, 4.69) is 20.5 Å². The number of hydrogen-bond donors (Lipinski definition) is 2. The van der Waals surface area contributed by atoms with E-state index in [1.54, 1.807) is 33.0 Å². The molecule has 1 aromatic carbocycles. The number of rotatable bonds is 4. The lowest BCUT2D eigenvalue weighted by atomic mass is 9.96. The number of halogens is 3. The second kappa shape index (κ2) is 7.33. The number of alkyl halides is 3. The van der Waals surface area contributed by atoms with Gasteiger partial charge in [0, 0.05) is 18.5 Å². The first-order chi connectivity index (χ1) is 14.5. The molecule has 0 saturated carbocycles. The van der Waals surface area contributed by atoms with Crippen LogP contribution < -0.4 is 10.2 Å². The van der Waals surface area contributed by atoms with Gasteiger partial charge in [-0.15, -0.1) is 5.10 Å². The van der Waals surface area contributed by atoms with Crippen molar-refractivity contribution in [2.24, 2.45) is 0 Å². The van der Waals surface area contributed by atoms with Crippen molar-refractivity contribution >= 4 is 22.4 Å². The van der Waals surface area contributed by atoms with Crippen LogP contribution in [0.1, 0.15) is 42.3 Å². The van der Waals surface area contributed by atoms with E-state index in [-0.39, 0.29) is 5.56 Å². The minimum Gasteiger partial charge on any atom is -0.386 e. The van der Waals surface area contributed by atoms with Crippen molar-refractivity contribution in [2.75, 3.05) is 23.3 Å². The van der Waals surface area contributed by atoms with Crippen molar-refractivity contribution < 1.29 is 18.3 Å². The molecule has 1 saturated heterocycles. The molecule has 0 bridgehead atoms. The molecule has 0 spiro atoms. The maximum absolute atomic E-state index is 13.3. The van der Waals surface area contributed by atoms with E-state index in [0.29, 0.717) is 35.7 Å². The Labute approximate surface area is 178 Å². The van der Waals surface area contributed by atoms with E-state index in [1.165, 1.54) is 13.0 Å². The summed E-state index contributed by atoms with van der Waals surface area (Å²) in [5.74, 6) is 0.451. The number of hydrogen-bond acceptors (Lipinski definition) is 6. The summed E-state index contributed by atoms with van der Waals surface area (Å²) in [6.07, 6.45) is -2.68. The number of nitrogens with one attached hydrogen (secondary N) is 1. The van der Waals surface area contributed by atoms with Gasteiger partial charge in [-0.2, -0.15) is 18.3 Å². The molecule has 0 aliphatic carbocycles. The molecule has 164 valence electrons. The van der Waals surface area contributed by atoms with Crippen molar-refractivity contribution in [3.8, 4) is 0 Å². The van der Waals surface area contributed by atoms with Crippen LogP contribution in [-0.2, 0) is 6.18 Å². The minimum absolute atomic E-state index is 0.181. The average molecular weight is 431 g/mol. The van der Waals surface area contributed by atoms with E-state index in [9.17, 15) is 18.3 Å². The molecule has 9 heteroatoms. The molecule has 3 aromatic rings. The molecule has 0 amide bonds. The van der Waals surface area contributed by atoms with Gasteiger partial charge in [-0.1, -0.05) is 12.1 Å². The molecule has 0 radical (unpaired) electrons. The molecule has 1 fully saturated rings. The minimum atomic E-state index is -4.41. The molecule has 31 heavy (non-hydrogen) atoms. The third-order valence-electron chi connectivity index (χ3n) is 5.70. The molecule has 0 unspecified atom stereocenters. The fourth-order valence-corrected chi connectivity index (χ4v) is 4.10. The van der Waals surface area contributed by atoms with Gasteiger partial charge in [-0.05, 0) is 51.0 Å². The lowest BCUT2D eigenvalue weighted by Crippen LogP contribution is -2.60. The zero-order valence-corrected chi connectivity index (χ0v) is 17.7. The number of aliphatic hydroxyl groups is 1. The topological polar surface area (TPSA) is 74.2 Å². The van der Waals surface area contributed by atoms with Crippen molar-refractivity contribution in [2.45, 2.75) is 45.5 Å². The number of pyridine rings is 1. The van der Waals surface area contributed by atoms with Gasteiger partial charge < -0.3 is 15.3 Å². The summed E-state index contributed by atoms with van der Waals surface area (Å²) in [7, 11) is 0. The Morgan fingerprint density at radius 1 is 1.19 bits per heavy atom. The second-order valence-electron chi connectivity index (χ2n) is 8.46. The Hall–Kier alpha value is -2.94. The van der Waals surface area contributed by atoms with Crippen molar-refractivity contribution in [1.82, 2.24) is 15.2 Å². The second-order valence-corrected chi connectivity index (χ2v) is 8.46. The van der Waals surface area contributed by atoms with Crippen LogP contribution in [0.5, 0.6) is 0 Å². The Balaban J connectivity index is 1.69. The van der Waals surface area contributed by atoms with Crippen LogP contribution in [0, 0.1) is 13.8 Å². The van der Waals surface area contributed by atoms with E-state index >= 15 is 0 Å². The van der Waals surface area contributed by atoms with Crippen molar-refractivity contribution in [1.29, 1.82) is 0 Å². The quantitative estimate of drug-likeness (QED) is 0.638. The number of anilines is 2. The highest BCUT2D eigenvalue weighted by atomic mass is 19.4. The third-order valence-corrected chi connectivity index (χ3v) is 5.70. The molecule has 2 aromatic heterocycles. The highest BCUT2D eigenvalue weighted by molar-refractivity contribution is 5.92. The Morgan fingerprint density at radius 2 is 1.90 bits per heavy atom. The van der Waals surface area contributed by atoms with Gasteiger partial charge in [-0.3, -0.25) is 4.98 Å². The van der Waals surface area contributed by atoms with Crippen LogP contribution in [0.15, 0.2) is 30.5 Å². The first kappa shape index (κ1) is 21.3. The SMILES string of the molecule is Cc1c([C@@H](C)Nc2nnc(C)c3ncc(N4CC(C)(O)C4)cc23)cccc1C(F)(F)F. The van der Waals surface area contributed by atoms with Crippen LogP contribution >= 0.6 is 0 Å². The predicted octanol–water partition coefficient (Wildman–Crippen LogP) is 4.40. The summed E-state index contributed by atoms with van der Waals surface area (Å²) in [5, 5.41) is 22.4. The van der Waals surface area contributed by atoms with Gasteiger partial charge in [0.25, 0.3) is 0 Å². The summed E-state index contributed by atoms with van der Waals surface area (Å²) in [5.41, 5.74) is 1.52. The monoisotopic (exact) mass is 431 g/mol. The van der Waals surface area contributed by atoms with Crippen LogP contribution in [-0.4, -0.2) is 39.0 Å². The summed E-state index contributed by atoms with van der Waals surface area (Å²) >= 11 is 0. The molecule has 1 aliphatic heterocycles. The molecular formula is C22H24F3N5O. The first-order valence-electron chi connectivity index (χ1n) is 10.00. The average Bonchev–Trinajstić information content (AvgIpc) is 2.67. The lowest BCUT2D eigenvalue weighted by Gasteiger charge is -2.45. The van der Waals surface area contributed by atoms with Gasteiger partial charge >= 0.3 is 6.18 Å². The highest BCUT2D eigenvalue weighted by Crippen LogP contribution is 2.36. The molecule has 1 aliphatic rings. The van der Waals surface area contributed by atoms with Crippen LogP contribution in [0.25, 0.3) is 10.9 Å². The number of β-amino-alcohol motifs (C(OH)–C–C–N with tert-alkyl or cyclic N) is 1. The largest absolute Gasteiger partial charge is 0.416 e. The van der Waals surface area contributed by atoms with E-state index in [1.807, 2.05) is 11.0 Å². The van der Waals surface area contributed by atoms with Crippen LogP contribution in [0.4, 0.5) is 24.7 Å². The Kier molecular flexibility index (Phi) is 5.04. The van der Waals surface area contributed by atoms with E-state index < -0.39 is 23.4 Å². The Bertz CT molecular complexity index is 1140. The van der Waals surface area contributed by atoms with E-state index in [0.717, 1.165) is 17.1 Å². The van der Waals surface area contributed by atoms with Crippen molar-refractivity contribution in [3.63, 3.8) is 0 Å². The number of aromatic nitrogens is 3. The van der Waals surface area contributed by atoms with Gasteiger partial charge in [0.1, 0.15) is 0 Å². The molecule has 6 nitrogen and oxygen atoms in total. The van der Waals surface area contributed by atoms with Gasteiger partial charge in [0.2, 0.25) is 0 Å². The fourth-order valence-electron chi connectivity index (χ4n) is 4.10. The van der Waals surface area contributed by atoms with Crippen LogP contribution in [0.3, 0.4) is 0 Å². The summed E-state index contributed by atoms with van der Waals surface area (Å²) in [6.45, 7) is 7.85. The number of nitrogens with zero attached hydrogens (tertiary/aromatic N) is 4. The number of aryl methyl sites for hydroxylation is 1. The predicted molar refractivity (Wildman–Crippen MR) is 113 cm³/mol. The summed E-state index contributed by atoms with van der Waals surface area (Å²) in [6, 6.07) is 5.67. The Morgan fingerprint density at radius 3 is 2.55 bits per heavy atom. The molecule has 1 atom stereocenters. The summed E-state index contributed by atoms with van der Waals surface area (Å²) in [4.78, 5) is 6.53. The lowest BCUT2D eigenvalue weighted by molar-refractivity contribution is -0.138. The van der Waals surface area contributed by atoms with Crippen LogP contribution in [0.2, 0.25) is 0 Å². The number of benzene rings is 1. The van der Waals surface area contributed by atoms with Gasteiger partial charge in [0.15, 0.2) is 5.82 Å². The normalized spacial score (nSPS) is 16.8. The zero-order valence-electron chi connectivity index (χ0n) is 17.7. The summed E-state index contributed by atoms with van der Waals surface area (Å²) < 4.78 is 39.9. The maximum Gasteiger partial charge on any atom is 0.416 e. The molecule has 4 rings (SSSR count). The fraction of sp³-hybridized carbons (Fsp3) is 0.409.